The number of nitrogens with zero attached hydrogens (tertiary/aromatic N) is 5. The Morgan fingerprint density at radius 2 is 1.85 bits per heavy atom. The Hall–Kier alpha value is -4.46. The van der Waals surface area contributed by atoms with Crippen molar-refractivity contribution < 1.29 is 4.79 Å². The number of amides is 1. The van der Waals surface area contributed by atoms with Crippen molar-refractivity contribution in [1.82, 2.24) is 19.9 Å². The van der Waals surface area contributed by atoms with Gasteiger partial charge in [0.2, 0.25) is 0 Å². The minimum absolute atomic E-state index is 0.0359. The maximum Gasteiger partial charge on any atom is 0.254 e. The molecule has 0 fully saturated rings. The van der Waals surface area contributed by atoms with Crippen LogP contribution < -0.4 is 15.6 Å². The minimum Gasteiger partial charge on any atom is -0.357 e. The van der Waals surface area contributed by atoms with Crippen LogP contribution in [0.5, 0.6) is 0 Å². The molecular formula is C25H21N7O. The van der Waals surface area contributed by atoms with Gasteiger partial charge in [-0.1, -0.05) is 30.3 Å². The summed E-state index contributed by atoms with van der Waals surface area (Å²) < 4.78 is 0. The van der Waals surface area contributed by atoms with Gasteiger partial charge in [-0.2, -0.15) is 9.89 Å². The Labute approximate surface area is 189 Å². The van der Waals surface area contributed by atoms with Crippen molar-refractivity contribution in [3.05, 3.63) is 84.8 Å². The van der Waals surface area contributed by atoms with Crippen LogP contribution in [0.4, 0.5) is 17.2 Å². The smallest absolute Gasteiger partial charge is 0.254 e. The topological polar surface area (TPSA) is 88.0 Å². The van der Waals surface area contributed by atoms with Gasteiger partial charge in [-0.15, -0.1) is 0 Å². The van der Waals surface area contributed by atoms with Crippen molar-refractivity contribution in [3.63, 3.8) is 0 Å². The lowest BCUT2D eigenvalue weighted by atomic mass is 9.96. The number of para-hydroxylation sites is 2. The lowest BCUT2D eigenvalue weighted by Gasteiger charge is -2.35. The largest absolute Gasteiger partial charge is 0.357 e. The van der Waals surface area contributed by atoms with Gasteiger partial charge in [0.15, 0.2) is 0 Å². The van der Waals surface area contributed by atoms with E-state index in [1.54, 1.807) is 15.9 Å². The first-order chi connectivity index (χ1) is 16.2. The first-order valence-electron chi connectivity index (χ1n) is 10.8. The van der Waals surface area contributed by atoms with E-state index in [0.717, 1.165) is 38.7 Å². The van der Waals surface area contributed by atoms with Crippen LogP contribution in [0.15, 0.2) is 79.3 Å². The van der Waals surface area contributed by atoms with E-state index < -0.39 is 6.04 Å². The summed E-state index contributed by atoms with van der Waals surface area (Å²) in [7, 11) is 1.81. The summed E-state index contributed by atoms with van der Waals surface area (Å²) in [6.07, 6.45) is 3.89. The number of fused-ring (bicyclic) bond motifs is 3. The molecule has 0 bridgehead atoms. The molecule has 8 heteroatoms. The predicted octanol–water partition coefficient (Wildman–Crippen LogP) is 3.85. The molecule has 1 unspecified atom stereocenters. The zero-order chi connectivity index (χ0) is 22.4. The van der Waals surface area contributed by atoms with E-state index in [4.69, 9.17) is 0 Å². The van der Waals surface area contributed by atoms with Crippen LogP contribution in [0.3, 0.4) is 0 Å². The number of anilines is 3. The fraction of sp³-hybridized carbons (Fsp3) is 0.120. The van der Waals surface area contributed by atoms with E-state index in [1.165, 1.54) is 6.33 Å². The second kappa shape index (κ2) is 7.59. The molecule has 3 aromatic carbocycles. The number of rotatable bonds is 4. The van der Waals surface area contributed by atoms with Gasteiger partial charge >= 0.3 is 0 Å². The van der Waals surface area contributed by atoms with Gasteiger partial charge in [0.25, 0.3) is 5.91 Å². The van der Waals surface area contributed by atoms with Crippen molar-refractivity contribution in [2.24, 2.45) is 0 Å². The monoisotopic (exact) mass is 435 g/mol. The average Bonchev–Trinajstić information content (AvgIpc) is 3.27. The number of hydrogen-bond acceptors (Lipinski definition) is 6. The van der Waals surface area contributed by atoms with Crippen molar-refractivity contribution >= 4 is 44.9 Å². The molecule has 0 saturated heterocycles. The molecule has 0 spiro atoms. The van der Waals surface area contributed by atoms with Gasteiger partial charge < -0.3 is 10.7 Å². The van der Waals surface area contributed by atoms with Gasteiger partial charge in [-0.3, -0.25) is 9.69 Å². The van der Waals surface area contributed by atoms with Crippen molar-refractivity contribution in [2.45, 2.75) is 12.5 Å². The quantitative estimate of drug-likeness (QED) is 0.446. The third-order valence-corrected chi connectivity index (χ3v) is 6.05. The maximum absolute atomic E-state index is 13.8. The summed E-state index contributed by atoms with van der Waals surface area (Å²) >= 11 is 0. The molecule has 0 aliphatic carbocycles. The summed E-state index contributed by atoms with van der Waals surface area (Å²) in [5.74, 6) is 0.619. The van der Waals surface area contributed by atoms with Crippen LogP contribution in [-0.4, -0.2) is 38.9 Å². The van der Waals surface area contributed by atoms with Crippen LogP contribution in [0, 0.1) is 0 Å². The van der Waals surface area contributed by atoms with Crippen LogP contribution in [0.2, 0.25) is 0 Å². The molecule has 3 heterocycles. The van der Waals surface area contributed by atoms with E-state index >= 15 is 0 Å². The zero-order valence-electron chi connectivity index (χ0n) is 17.9. The molecule has 8 nitrogen and oxygen atoms in total. The number of carbonyl (C=O) groups is 1. The van der Waals surface area contributed by atoms with E-state index in [9.17, 15) is 4.79 Å². The fourth-order valence-corrected chi connectivity index (χ4v) is 4.47. The highest BCUT2D eigenvalue weighted by Gasteiger charge is 2.34. The zero-order valence-corrected chi connectivity index (χ0v) is 17.9. The van der Waals surface area contributed by atoms with E-state index in [1.807, 2.05) is 67.7 Å². The normalized spacial score (nSPS) is 15.6. The molecule has 0 saturated carbocycles. The Balaban J connectivity index is 1.44. The highest BCUT2D eigenvalue weighted by Crippen LogP contribution is 2.36. The van der Waals surface area contributed by atoms with Crippen molar-refractivity contribution in [2.75, 3.05) is 22.7 Å². The predicted molar refractivity (Wildman–Crippen MR) is 129 cm³/mol. The van der Waals surface area contributed by atoms with Gasteiger partial charge in [-0.05, 0) is 42.0 Å². The first kappa shape index (κ1) is 19.2. The molecule has 5 aromatic rings. The maximum atomic E-state index is 13.8. The molecule has 1 aliphatic rings. The second-order valence-electron chi connectivity index (χ2n) is 7.97. The number of carbonyl (C=O) groups excluding carboxylic acids is 1. The molecule has 2 aromatic heterocycles. The number of nitrogens with one attached hydrogen (secondary N) is 2. The number of aromatic nitrogens is 4. The Bertz CT molecular complexity index is 1500. The SMILES string of the molecule is CNn1ncc2ccc(N3C(=O)C(Nc4ncnc5ccccc45)Cc4ccccc43)cc21. The van der Waals surface area contributed by atoms with Crippen molar-refractivity contribution in [1.29, 1.82) is 0 Å². The highest BCUT2D eigenvalue weighted by molar-refractivity contribution is 6.08. The summed E-state index contributed by atoms with van der Waals surface area (Å²) in [4.78, 5) is 26.1. The average molecular weight is 435 g/mol. The van der Waals surface area contributed by atoms with Crippen LogP contribution >= 0.6 is 0 Å². The standard InChI is InChI=1S/C25H21N7O/c1-26-32-23-13-18(11-10-17(23)14-29-32)31-22-9-5-2-6-16(22)12-21(25(31)33)30-24-19-7-3-4-8-20(19)27-15-28-24/h2-11,13-15,21,26H,12H2,1H3,(H,27,28,30). The number of hydrogen-bond donors (Lipinski definition) is 2. The van der Waals surface area contributed by atoms with Crippen LogP contribution in [0.1, 0.15) is 5.56 Å². The summed E-state index contributed by atoms with van der Waals surface area (Å²) in [5, 5.41) is 9.62. The fourth-order valence-electron chi connectivity index (χ4n) is 4.47. The summed E-state index contributed by atoms with van der Waals surface area (Å²) in [6, 6.07) is 21.3. The summed E-state index contributed by atoms with van der Waals surface area (Å²) in [6.45, 7) is 0. The molecule has 162 valence electrons. The van der Waals surface area contributed by atoms with Crippen molar-refractivity contribution in [3.8, 4) is 0 Å². The van der Waals surface area contributed by atoms with Crippen LogP contribution in [-0.2, 0) is 11.2 Å². The lowest BCUT2D eigenvalue weighted by molar-refractivity contribution is -0.118. The molecule has 2 N–H and O–H groups in total. The van der Waals surface area contributed by atoms with Gasteiger partial charge in [0.05, 0.1) is 28.6 Å². The first-order valence-corrected chi connectivity index (χ1v) is 10.8. The van der Waals surface area contributed by atoms with E-state index in [0.29, 0.717) is 12.2 Å². The molecule has 1 amide bonds. The molecule has 0 radical (unpaired) electrons. The molecular weight excluding hydrogens is 414 g/mol. The molecule has 33 heavy (non-hydrogen) atoms. The summed E-state index contributed by atoms with van der Waals surface area (Å²) in [5.41, 5.74) is 7.55. The Kier molecular flexibility index (Phi) is 4.43. The third kappa shape index (κ3) is 3.15. The van der Waals surface area contributed by atoms with Gasteiger partial charge in [-0.25, -0.2) is 9.97 Å². The van der Waals surface area contributed by atoms with Gasteiger partial charge in [0, 0.05) is 24.2 Å². The third-order valence-electron chi connectivity index (χ3n) is 6.05. The lowest BCUT2D eigenvalue weighted by Crippen LogP contribution is -2.46. The molecule has 1 atom stereocenters. The van der Waals surface area contributed by atoms with Crippen LogP contribution in [0.25, 0.3) is 21.8 Å². The van der Waals surface area contributed by atoms with E-state index in [-0.39, 0.29) is 5.91 Å². The molecule has 1 aliphatic heterocycles. The minimum atomic E-state index is -0.469. The number of benzene rings is 3. The Morgan fingerprint density at radius 1 is 1.00 bits per heavy atom. The van der Waals surface area contributed by atoms with E-state index in [2.05, 4.69) is 31.9 Å². The van der Waals surface area contributed by atoms with Gasteiger partial charge in [0.1, 0.15) is 18.2 Å². The second-order valence-corrected chi connectivity index (χ2v) is 7.97. The molecule has 6 rings (SSSR count). The highest BCUT2D eigenvalue weighted by atomic mass is 16.2. The Morgan fingerprint density at radius 3 is 2.76 bits per heavy atom.